The number of primary amides is 1. The largest absolute Gasteiger partial charge is 0.365 e. The lowest BCUT2D eigenvalue weighted by atomic mass is 9.95. The molecule has 1 aliphatic rings. The van der Waals surface area contributed by atoms with Crippen LogP contribution >= 0.6 is 11.3 Å². The van der Waals surface area contributed by atoms with Crippen molar-refractivity contribution in [2.24, 2.45) is 5.73 Å². The zero-order valence-electron chi connectivity index (χ0n) is 9.48. The summed E-state index contributed by atoms with van der Waals surface area (Å²) in [5.74, 6) is -0.298. The van der Waals surface area contributed by atoms with Crippen LogP contribution in [0.1, 0.15) is 33.6 Å². The Hall–Kier alpha value is -1.55. The highest BCUT2D eigenvalue weighted by Gasteiger charge is 2.24. The Labute approximate surface area is 104 Å². The normalized spacial score (nSPS) is 14.6. The highest BCUT2D eigenvalue weighted by atomic mass is 32.1. The molecule has 0 unspecified atom stereocenters. The van der Waals surface area contributed by atoms with Gasteiger partial charge in [-0.15, -0.1) is 11.3 Å². The van der Waals surface area contributed by atoms with Gasteiger partial charge < -0.3 is 10.3 Å². The van der Waals surface area contributed by atoms with E-state index in [0.29, 0.717) is 0 Å². The van der Waals surface area contributed by atoms with Crippen LogP contribution in [0.3, 0.4) is 0 Å². The quantitative estimate of drug-likeness (QED) is 0.869. The summed E-state index contributed by atoms with van der Waals surface area (Å²) in [4.78, 5) is 13.0. The van der Waals surface area contributed by atoms with Crippen molar-refractivity contribution in [3.63, 3.8) is 0 Å². The molecule has 17 heavy (non-hydrogen) atoms. The van der Waals surface area contributed by atoms with Crippen LogP contribution in [0.4, 0.5) is 0 Å². The second kappa shape index (κ2) is 4.04. The van der Waals surface area contributed by atoms with Crippen LogP contribution in [-0.2, 0) is 12.8 Å². The molecule has 0 fully saturated rings. The lowest BCUT2D eigenvalue weighted by molar-refractivity contribution is 0.0999. The number of hydrogen-bond acceptors (Lipinski definition) is 2. The maximum atomic E-state index is 11.7. The highest BCUT2D eigenvalue weighted by molar-refractivity contribution is 7.15. The number of aryl methyl sites for hydroxylation is 1. The van der Waals surface area contributed by atoms with Gasteiger partial charge >= 0.3 is 0 Å². The highest BCUT2D eigenvalue weighted by Crippen LogP contribution is 2.36. The van der Waals surface area contributed by atoms with Gasteiger partial charge in [-0.3, -0.25) is 4.79 Å². The molecule has 0 saturated heterocycles. The molecule has 1 aliphatic carbocycles. The average Bonchev–Trinajstić information content (AvgIpc) is 2.95. The summed E-state index contributed by atoms with van der Waals surface area (Å²) in [5, 5.41) is 0.981. The first-order valence-corrected chi connectivity index (χ1v) is 6.66. The van der Waals surface area contributed by atoms with E-state index >= 15 is 0 Å². The van der Waals surface area contributed by atoms with E-state index in [0.717, 1.165) is 29.8 Å². The van der Waals surface area contributed by atoms with Crippen LogP contribution in [0.15, 0.2) is 24.5 Å². The van der Waals surface area contributed by atoms with Gasteiger partial charge in [0, 0.05) is 17.3 Å². The lowest BCUT2D eigenvalue weighted by Gasteiger charge is -2.11. The van der Waals surface area contributed by atoms with Crippen LogP contribution in [0.2, 0.25) is 0 Å². The van der Waals surface area contributed by atoms with Crippen LogP contribution < -0.4 is 5.73 Å². The molecule has 2 aromatic heterocycles. The van der Waals surface area contributed by atoms with E-state index in [-0.39, 0.29) is 5.91 Å². The predicted molar refractivity (Wildman–Crippen MR) is 68.8 cm³/mol. The number of thiophene rings is 1. The molecule has 0 saturated carbocycles. The number of carbonyl (C=O) groups is 1. The standard InChI is InChI=1S/C13H14N2OS/c14-12(16)11-9-5-1-2-6-10(9)17-13(11)15-7-3-4-8-15/h3-4,7-8H,1-2,5-6H2,(H2,14,16). The minimum atomic E-state index is -0.298. The molecule has 3 rings (SSSR count). The van der Waals surface area contributed by atoms with Gasteiger partial charge in [0.1, 0.15) is 5.00 Å². The van der Waals surface area contributed by atoms with Crippen molar-refractivity contribution in [3.05, 3.63) is 40.5 Å². The smallest absolute Gasteiger partial charge is 0.252 e. The van der Waals surface area contributed by atoms with Gasteiger partial charge in [0.25, 0.3) is 5.91 Å². The number of carbonyl (C=O) groups excluding carboxylic acids is 1. The molecule has 2 heterocycles. The Balaban J connectivity index is 2.21. The summed E-state index contributed by atoms with van der Waals surface area (Å²) in [5.41, 5.74) is 7.47. The first kappa shape index (κ1) is 10.6. The Bertz CT molecular complexity index is 554. The van der Waals surface area contributed by atoms with E-state index in [1.54, 1.807) is 11.3 Å². The summed E-state index contributed by atoms with van der Waals surface area (Å²) >= 11 is 1.71. The number of hydrogen-bond donors (Lipinski definition) is 1. The molecule has 0 aromatic carbocycles. The summed E-state index contributed by atoms with van der Waals surface area (Å²) in [6.45, 7) is 0. The third kappa shape index (κ3) is 1.69. The fourth-order valence-corrected chi connectivity index (χ4v) is 3.82. The van der Waals surface area contributed by atoms with Gasteiger partial charge in [0.15, 0.2) is 0 Å². The minimum Gasteiger partial charge on any atom is -0.365 e. The first-order valence-electron chi connectivity index (χ1n) is 5.85. The molecule has 0 aliphatic heterocycles. The predicted octanol–water partition coefficient (Wildman–Crippen LogP) is 2.52. The van der Waals surface area contributed by atoms with Gasteiger partial charge in [-0.2, -0.15) is 0 Å². The van der Waals surface area contributed by atoms with Gasteiger partial charge in [-0.25, -0.2) is 0 Å². The van der Waals surface area contributed by atoms with Gasteiger partial charge in [-0.1, -0.05) is 0 Å². The molecule has 4 heteroatoms. The summed E-state index contributed by atoms with van der Waals surface area (Å²) in [6.07, 6.45) is 8.38. The molecule has 0 atom stereocenters. The van der Waals surface area contributed by atoms with Crippen molar-refractivity contribution < 1.29 is 4.79 Å². The fourth-order valence-electron chi connectivity index (χ4n) is 2.46. The second-order valence-corrected chi connectivity index (χ2v) is 5.43. The molecule has 88 valence electrons. The molecular formula is C13H14N2OS. The Morgan fingerprint density at radius 1 is 1.24 bits per heavy atom. The number of amides is 1. The topological polar surface area (TPSA) is 48.0 Å². The van der Waals surface area contributed by atoms with E-state index in [4.69, 9.17) is 5.73 Å². The lowest BCUT2D eigenvalue weighted by Crippen LogP contribution is -2.16. The maximum Gasteiger partial charge on any atom is 0.252 e. The van der Waals surface area contributed by atoms with Gasteiger partial charge in [-0.05, 0) is 43.4 Å². The third-order valence-electron chi connectivity index (χ3n) is 3.24. The number of fused-ring (bicyclic) bond motifs is 1. The fraction of sp³-hybridized carbons (Fsp3) is 0.308. The molecule has 0 radical (unpaired) electrons. The molecular weight excluding hydrogens is 232 g/mol. The van der Waals surface area contributed by atoms with Crippen LogP contribution in [0.25, 0.3) is 5.00 Å². The summed E-state index contributed by atoms with van der Waals surface area (Å²) in [7, 11) is 0. The molecule has 2 aromatic rings. The van der Waals surface area contributed by atoms with E-state index in [2.05, 4.69) is 0 Å². The van der Waals surface area contributed by atoms with Crippen molar-refractivity contribution in [1.82, 2.24) is 4.57 Å². The molecule has 2 N–H and O–H groups in total. The van der Waals surface area contributed by atoms with Crippen molar-refractivity contribution in [2.75, 3.05) is 0 Å². The number of nitrogens with zero attached hydrogens (tertiary/aromatic N) is 1. The van der Waals surface area contributed by atoms with Crippen LogP contribution in [0, 0.1) is 0 Å². The third-order valence-corrected chi connectivity index (χ3v) is 4.54. The van der Waals surface area contributed by atoms with E-state index < -0.39 is 0 Å². The van der Waals surface area contributed by atoms with Gasteiger partial charge in [0.05, 0.1) is 5.56 Å². The van der Waals surface area contributed by atoms with E-state index in [1.165, 1.54) is 16.9 Å². The van der Waals surface area contributed by atoms with Crippen LogP contribution in [-0.4, -0.2) is 10.5 Å². The molecule has 0 spiro atoms. The summed E-state index contributed by atoms with van der Waals surface area (Å²) < 4.78 is 1.99. The Kier molecular flexibility index (Phi) is 2.52. The monoisotopic (exact) mass is 246 g/mol. The summed E-state index contributed by atoms with van der Waals surface area (Å²) in [6, 6.07) is 3.92. The van der Waals surface area contributed by atoms with Crippen LogP contribution in [0.5, 0.6) is 0 Å². The first-order chi connectivity index (χ1) is 8.27. The number of aromatic nitrogens is 1. The van der Waals surface area contributed by atoms with Crippen molar-refractivity contribution >= 4 is 17.2 Å². The van der Waals surface area contributed by atoms with E-state index in [1.807, 2.05) is 29.1 Å². The molecule has 0 bridgehead atoms. The zero-order valence-corrected chi connectivity index (χ0v) is 10.3. The van der Waals surface area contributed by atoms with E-state index in [9.17, 15) is 4.79 Å². The zero-order chi connectivity index (χ0) is 11.8. The van der Waals surface area contributed by atoms with Crippen molar-refractivity contribution in [3.8, 4) is 5.00 Å². The number of nitrogens with two attached hydrogens (primary N) is 1. The Morgan fingerprint density at radius 2 is 1.94 bits per heavy atom. The molecule has 1 amide bonds. The van der Waals surface area contributed by atoms with Gasteiger partial charge in [0.2, 0.25) is 0 Å². The van der Waals surface area contributed by atoms with Crippen molar-refractivity contribution in [2.45, 2.75) is 25.7 Å². The average molecular weight is 246 g/mol. The Morgan fingerprint density at radius 3 is 2.65 bits per heavy atom. The number of rotatable bonds is 2. The molecule has 3 nitrogen and oxygen atoms in total. The minimum absolute atomic E-state index is 0.298. The van der Waals surface area contributed by atoms with Crippen molar-refractivity contribution in [1.29, 1.82) is 0 Å². The maximum absolute atomic E-state index is 11.7. The second-order valence-electron chi connectivity index (χ2n) is 4.35. The SMILES string of the molecule is NC(=O)c1c(-n2cccc2)sc2c1CCCC2.